The van der Waals surface area contributed by atoms with Gasteiger partial charge in [-0.25, -0.2) is 0 Å². The number of amides is 1. The van der Waals surface area contributed by atoms with Crippen LogP contribution in [0.25, 0.3) is 0 Å². The molecule has 0 bridgehead atoms. The molecule has 0 atom stereocenters. The average molecular weight is 324 g/mol. The summed E-state index contributed by atoms with van der Waals surface area (Å²) in [5.41, 5.74) is 5.18. The van der Waals surface area contributed by atoms with Gasteiger partial charge < -0.3 is 9.90 Å². The van der Waals surface area contributed by atoms with Crippen molar-refractivity contribution in [1.82, 2.24) is 5.43 Å². The van der Waals surface area contributed by atoms with Gasteiger partial charge in [-0.15, -0.1) is 0 Å². The summed E-state index contributed by atoms with van der Waals surface area (Å²) >= 11 is 11.7. The quantitative estimate of drug-likeness (QED) is 0.844. The molecule has 0 spiro atoms. The van der Waals surface area contributed by atoms with Gasteiger partial charge in [0.05, 0.1) is 22.2 Å². The molecule has 2 rings (SSSR count). The second-order valence-corrected chi connectivity index (χ2v) is 4.88. The Labute approximate surface area is 130 Å². The molecule has 2 aromatic rings. The van der Waals surface area contributed by atoms with E-state index in [1.807, 2.05) is 0 Å². The summed E-state index contributed by atoms with van der Waals surface area (Å²) in [5.74, 6) is -2.05. The predicted octanol–water partition coefficient (Wildman–Crippen LogP) is 2.11. The first-order chi connectivity index (χ1) is 9.99. The van der Waals surface area contributed by atoms with E-state index < -0.39 is 11.9 Å². The van der Waals surface area contributed by atoms with E-state index >= 15 is 0 Å². The predicted molar refractivity (Wildman–Crippen MR) is 78.3 cm³/mol. The Kier molecular flexibility index (Phi) is 4.67. The molecule has 2 aromatic carbocycles. The average Bonchev–Trinajstić information content (AvgIpc) is 2.46. The number of carboxylic acid groups (broad SMARTS) is 1. The smallest absolute Gasteiger partial charge is 0.270 e. The van der Waals surface area contributed by atoms with Crippen LogP contribution < -0.4 is 16.0 Å². The number of anilines is 1. The van der Waals surface area contributed by atoms with Crippen LogP contribution in [0, 0.1) is 0 Å². The molecule has 0 aromatic heterocycles. The third kappa shape index (κ3) is 3.65. The van der Waals surface area contributed by atoms with Gasteiger partial charge in [0, 0.05) is 10.6 Å². The highest BCUT2D eigenvalue weighted by atomic mass is 35.5. The molecule has 21 heavy (non-hydrogen) atoms. The van der Waals surface area contributed by atoms with Crippen molar-refractivity contribution in [2.24, 2.45) is 0 Å². The van der Waals surface area contributed by atoms with Crippen molar-refractivity contribution < 1.29 is 14.7 Å². The first kappa shape index (κ1) is 15.2. The molecular weight excluding hydrogens is 315 g/mol. The summed E-state index contributed by atoms with van der Waals surface area (Å²) in [5, 5.41) is 11.7. The van der Waals surface area contributed by atoms with Crippen molar-refractivity contribution >= 4 is 40.8 Å². The van der Waals surface area contributed by atoms with Crippen LogP contribution >= 0.6 is 23.2 Å². The Morgan fingerprint density at radius 3 is 2.29 bits per heavy atom. The van der Waals surface area contributed by atoms with E-state index in [1.54, 1.807) is 18.2 Å². The van der Waals surface area contributed by atoms with Crippen LogP contribution in [0.1, 0.15) is 20.7 Å². The van der Waals surface area contributed by atoms with Gasteiger partial charge >= 0.3 is 0 Å². The van der Waals surface area contributed by atoms with Crippen molar-refractivity contribution in [1.29, 1.82) is 0 Å². The fourth-order valence-electron chi connectivity index (χ4n) is 1.64. The van der Waals surface area contributed by atoms with E-state index in [-0.39, 0.29) is 11.1 Å². The number of aromatic carboxylic acids is 1. The molecule has 0 unspecified atom stereocenters. The van der Waals surface area contributed by atoms with Crippen LogP contribution in [-0.2, 0) is 0 Å². The molecule has 2 N–H and O–H groups in total. The highest BCUT2D eigenvalue weighted by Crippen LogP contribution is 2.24. The van der Waals surface area contributed by atoms with Gasteiger partial charge in [-0.2, -0.15) is 0 Å². The van der Waals surface area contributed by atoms with Gasteiger partial charge in [-0.3, -0.25) is 15.6 Å². The number of hydrazine groups is 1. The lowest BCUT2D eigenvalue weighted by Gasteiger charge is -2.13. The first-order valence-corrected chi connectivity index (χ1v) is 6.56. The summed E-state index contributed by atoms with van der Waals surface area (Å²) in [6, 6.07) is 10.4. The topological polar surface area (TPSA) is 81.3 Å². The van der Waals surface area contributed by atoms with Crippen LogP contribution in [0.15, 0.2) is 42.5 Å². The Hall–Kier alpha value is -2.24. The number of carboxylic acids is 1. The van der Waals surface area contributed by atoms with E-state index in [2.05, 4.69) is 10.9 Å². The maximum absolute atomic E-state index is 12.0. The van der Waals surface area contributed by atoms with Crippen LogP contribution in [0.3, 0.4) is 0 Å². The van der Waals surface area contributed by atoms with Crippen LogP contribution in [0.2, 0.25) is 10.0 Å². The van der Waals surface area contributed by atoms with Gasteiger partial charge in [-0.1, -0.05) is 41.4 Å². The minimum atomic E-state index is -1.43. The molecule has 7 heteroatoms. The fourth-order valence-corrected chi connectivity index (χ4v) is 2.10. The number of carbonyl (C=O) groups excluding carboxylic acids is 2. The van der Waals surface area contributed by atoms with Gasteiger partial charge in [0.15, 0.2) is 0 Å². The Morgan fingerprint density at radius 1 is 1.00 bits per heavy atom. The van der Waals surface area contributed by atoms with E-state index in [0.29, 0.717) is 15.7 Å². The summed E-state index contributed by atoms with van der Waals surface area (Å²) < 4.78 is 0. The summed E-state index contributed by atoms with van der Waals surface area (Å²) in [4.78, 5) is 22.9. The van der Waals surface area contributed by atoms with Gasteiger partial charge in [0.25, 0.3) is 5.91 Å². The highest BCUT2D eigenvalue weighted by Gasteiger charge is 2.11. The lowest BCUT2D eigenvalue weighted by atomic mass is 10.1. The minimum absolute atomic E-state index is 0.0184. The fraction of sp³-hybridized carbons (Fsp3) is 0. The van der Waals surface area contributed by atoms with Gasteiger partial charge in [0.1, 0.15) is 0 Å². The molecule has 0 aliphatic carbocycles. The molecule has 0 aliphatic rings. The molecule has 108 valence electrons. The third-order valence-corrected chi connectivity index (χ3v) is 3.18. The van der Waals surface area contributed by atoms with Crippen LogP contribution in [0.5, 0.6) is 0 Å². The lowest BCUT2D eigenvalue weighted by molar-refractivity contribution is -0.255. The zero-order valence-electron chi connectivity index (χ0n) is 10.5. The Bertz CT molecular complexity index is 704. The molecule has 0 radical (unpaired) electrons. The van der Waals surface area contributed by atoms with E-state index in [1.165, 1.54) is 24.3 Å². The summed E-state index contributed by atoms with van der Waals surface area (Å²) in [6.07, 6.45) is 0. The molecule has 5 nitrogen and oxygen atoms in total. The molecule has 0 saturated carbocycles. The second kappa shape index (κ2) is 6.47. The largest absolute Gasteiger partial charge is 0.545 e. The number of benzene rings is 2. The van der Waals surface area contributed by atoms with Gasteiger partial charge in [0.2, 0.25) is 0 Å². The third-order valence-electron chi connectivity index (χ3n) is 2.63. The monoisotopic (exact) mass is 323 g/mol. The standard InChI is InChI=1S/C14H10Cl2N2O3/c15-8-5-6-12(11(16)7-8)17-18-13(19)9-3-1-2-4-10(9)14(20)21/h1-7,17H,(H,18,19)(H,20,21)/p-1. The Balaban J connectivity index is 2.14. The van der Waals surface area contributed by atoms with E-state index in [0.717, 1.165) is 0 Å². The summed E-state index contributed by atoms with van der Waals surface area (Å²) in [7, 11) is 0. The van der Waals surface area contributed by atoms with Crippen LogP contribution in [0.4, 0.5) is 5.69 Å². The summed E-state index contributed by atoms with van der Waals surface area (Å²) in [6.45, 7) is 0. The van der Waals surface area contributed by atoms with Crippen molar-refractivity contribution in [2.45, 2.75) is 0 Å². The Morgan fingerprint density at radius 2 is 1.67 bits per heavy atom. The van der Waals surface area contributed by atoms with Crippen molar-refractivity contribution in [3.8, 4) is 0 Å². The minimum Gasteiger partial charge on any atom is -0.545 e. The number of rotatable bonds is 4. The molecule has 1 amide bonds. The normalized spacial score (nSPS) is 10.0. The van der Waals surface area contributed by atoms with Crippen LogP contribution in [-0.4, -0.2) is 11.9 Å². The van der Waals surface area contributed by atoms with Crippen molar-refractivity contribution in [3.63, 3.8) is 0 Å². The van der Waals surface area contributed by atoms with E-state index in [9.17, 15) is 14.7 Å². The van der Waals surface area contributed by atoms with Crippen molar-refractivity contribution in [3.05, 3.63) is 63.6 Å². The molecule has 0 saturated heterocycles. The number of carbonyl (C=O) groups is 2. The second-order valence-electron chi connectivity index (χ2n) is 4.04. The SMILES string of the molecule is O=C([O-])c1ccccc1C(=O)NNc1ccc(Cl)cc1Cl. The highest BCUT2D eigenvalue weighted by molar-refractivity contribution is 6.36. The molecular formula is C14H9Cl2N2O3-. The number of nitrogens with one attached hydrogen (secondary N) is 2. The number of halogens is 2. The number of hydrogen-bond donors (Lipinski definition) is 2. The molecule has 0 fully saturated rings. The van der Waals surface area contributed by atoms with Gasteiger partial charge in [-0.05, 0) is 24.3 Å². The van der Waals surface area contributed by atoms with Crippen molar-refractivity contribution in [2.75, 3.05) is 5.43 Å². The molecule has 0 aliphatic heterocycles. The maximum atomic E-state index is 12.0. The number of hydrogen-bond acceptors (Lipinski definition) is 4. The zero-order valence-corrected chi connectivity index (χ0v) is 12.0. The maximum Gasteiger partial charge on any atom is 0.270 e. The molecule has 0 heterocycles. The van der Waals surface area contributed by atoms with E-state index in [4.69, 9.17) is 23.2 Å². The first-order valence-electron chi connectivity index (χ1n) is 5.81. The zero-order chi connectivity index (χ0) is 15.4. The lowest BCUT2D eigenvalue weighted by Crippen LogP contribution is -2.33.